The lowest BCUT2D eigenvalue weighted by Gasteiger charge is -2.13. The zero-order chi connectivity index (χ0) is 21.4. The van der Waals surface area contributed by atoms with Crippen LogP contribution in [0.25, 0.3) is 11.0 Å². The Labute approximate surface area is 164 Å². The number of anilines is 1. The maximum atomic E-state index is 13.3. The molecule has 0 aliphatic rings. The Balaban J connectivity index is 1.83. The molecule has 0 bridgehead atoms. The molecular formula is C18H17F3N4O3S. The van der Waals surface area contributed by atoms with Gasteiger partial charge in [-0.05, 0) is 36.4 Å². The Morgan fingerprint density at radius 1 is 1.10 bits per heavy atom. The number of carbonyl (C=O) groups excluding carboxylic acids is 1. The van der Waals surface area contributed by atoms with Gasteiger partial charge in [-0.1, -0.05) is 12.1 Å². The van der Waals surface area contributed by atoms with Crippen molar-refractivity contribution in [2.75, 3.05) is 19.4 Å². The van der Waals surface area contributed by atoms with Crippen molar-refractivity contribution in [2.45, 2.75) is 17.6 Å². The molecule has 0 radical (unpaired) electrons. The molecule has 3 rings (SSSR count). The number of sulfonamides is 1. The Bertz CT molecular complexity index is 1150. The van der Waals surface area contributed by atoms with Crippen LogP contribution in [0.15, 0.2) is 53.4 Å². The Hall–Kier alpha value is -2.92. The molecule has 0 aliphatic heterocycles. The number of hydrogen-bond acceptors (Lipinski definition) is 4. The third kappa shape index (κ3) is 4.25. The lowest BCUT2D eigenvalue weighted by molar-refractivity contribution is -0.147. The molecule has 0 aliphatic carbocycles. The van der Waals surface area contributed by atoms with Gasteiger partial charge in [-0.3, -0.25) is 4.79 Å². The predicted molar refractivity (Wildman–Crippen MR) is 101 cm³/mol. The number of para-hydroxylation sites is 2. The van der Waals surface area contributed by atoms with Crippen molar-refractivity contribution in [3.05, 3.63) is 54.4 Å². The molecule has 29 heavy (non-hydrogen) atoms. The van der Waals surface area contributed by atoms with E-state index in [4.69, 9.17) is 0 Å². The van der Waals surface area contributed by atoms with E-state index in [1.807, 2.05) is 0 Å². The van der Waals surface area contributed by atoms with Gasteiger partial charge in [0.05, 0.1) is 15.9 Å². The highest BCUT2D eigenvalue weighted by Crippen LogP contribution is 2.31. The van der Waals surface area contributed by atoms with Crippen LogP contribution in [-0.4, -0.2) is 42.3 Å². The van der Waals surface area contributed by atoms with Crippen LogP contribution in [0, 0.1) is 0 Å². The molecule has 1 N–H and O–H groups in total. The van der Waals surface area contributed by atoms with Crippen LogP contribution in [0.2, 0.25) is 0 Å². The van der Waals surface area contributed by atoms with Crippen LogP contribution in [0.4, 0.5) is 18.9 Å². The zero-order valence-corrected chi connectivity index (χ0v) is 16.3. The number of alkyl halides is 3. The summed E-state index contributed by atoms with van der Waals surface area (Å²) < 4.78 is 65.9. The molecule has 0 spiro atoms. The maximum absolute atomic E-state index is 13.3. The molecule has 11 heteroatoms. The number of fused-ring (bicyclic) bond motifs is 1. The molecule has 0 fully saturated rings. The number of nitrogens with one attached hydrogen (secondary N) is 1. The van der Waals surface area contributed by atoms with Gasteiger partial charge in [0.15, 0.2) is 0 Å². The SMILES string of the molecule is CN(C)S(=O)(=O)c1ccc(NC(=O)Cn2c(C(F)(F)F)nc3ccccc32)cc1. The number of carbonyl (C=O) groups is 1. The van der Waals surface area contributed by atoms with Gasteiger partial charge in [-0.15, -0.1) is 0 Å². The Kier molecular flexibility index (Phi) is 5.37. The number of imidazole rings is 1. The largest absolute Gasteiger partial charge is 0.449 e. The number of nitrogens with zero attached hydrogens (tertiary/aromatic N) is 3. The number of aromatic nitrogens is 2. The summed E-state index contributed by atoms with van der Waals surface area (Å²) in [4.78, 5) is 16.0. The number of benzene rings is 2. The molecule has 0 saturated heterocycles. The first-order valence-electron chi connectivity index (χ1n) is 8.35. The topological polar surface area (TPSA) is 84.3 Å². The van der Waals surface area contributed by atoms with Crippen molar-refractivity contribution in [2.24, 2.45) is 0 Å². The average molecular weight is 426 g/mol. The summed E-state index contributed by atoms with van der Waals surface area (Å²) in [5, 5.41) is 2.47. The quantitative estimate of drug-likeness (QED) is 0.680. The van der Waals surface area contributed by atoms with E-state index >= 15 is 0 Å². The normalized spacial score (nSPS) is 12.5. The van der Waals surface area contributed by atoms with Gasteiger partial charge in [-0.25, -0.2) is 17.7 Å². The van der Waals surface area contributed by atoms with E-state index in [2.05, 4.69) is 10.3 Å². The lowest BCUT2D eigenvalue weighted by Crippen LogP contribution is -2.23. The summed E-state index contributed by atoms with van der Waals surface area (Å²) in [5.41, 5.74) is 0.568. The summed E-state index contributed by atoms with van der Waals surface area (Å²) in [6.07, 6.45) is -4.72. The lowest BCUT2D eigenvalue weighted by atomic mass is 10.3. The van der Waals surface area contributed by atoms with Gasteiger partial charge in [0.1, 0.15) is 6.54 Å². The van der Waals surface area contributed by atoms with Gasteiger partial charge < -0.3 is 9.88 Å². The van der Waals surface area contributed by atoms with E-state index in [0.717, 1.165) is 8.87 Å². The number of hydrogen-bond donors (Lipinski definition) is 1. The average Bonchev–Trinajstić information content (AvgIpc) is 3.01. The summed E-state index contributed by atoms with van der Waals surface area (Å²) in [6, 6.07) is 11.3. The molecule has 1 amide bonds. The van der Waals surface area contributed by atoms with E-state index in [0.29, 0.717) is 0 Å². The van der Waals surface area contributed by atoms with Crippen molar-refractivity contribution in [3.8, 4) is 0 Å². The van der Waals surface area contributed by atoms with E-state index in [1.165, 1.54) is 50.5 Å². The first-order valence-corrected chi connectivity index (χ1v) is 9.79. The fraction of sp³-hybridized carbons (Fsp3) is 0.222. The third-order valence-corrected chi connectivity index (χ3v) is 5.96. The molecule has 1 heterocycles. The van der Waals surface area contributed by atoms with Crippen molar-refractivity contribution < 1.29 is 26.4 Å². The summed E-state index contributed by atoms with van der Waals surface area (Å²) in [7, 11) is -0.851. The minimum absolute atomic E-state index is 0.0282. The Morgan fingerprint density at radius 3 is 2.31 bits per heavy atom. The van der Waals surface area contributed by atoms with Gasteiger partial charge >= 0.3 is 6.18 Å². The third-order valence-electron chi connectivity index (χ3n) is 4.13. The zero-order valence-electron chi connectivity index (χ0n) is 15.4. The fourth-order valence-electron chi connectivity index (χ4n) is 2.72. The highest BCUT2D eigenvalue weighted by Gasteiger charge is 2.38. The smallest absolute Gasteiger partial charge is 0.325 e. The van der Waals surface area contributed by atoms with Crippen LogP contribution in [-0.2, 0) is 27.5 Å². The molecule has 1 aromatic heterocycles. The first kappa shape index (κ1) is 20.8. The van der Waals surface area contributed by atoms with Crippen LogP contribution in [0.1, 0.15) is 5.82 Å². The molecule has 0 saturated carbocycles. The second kappa shape index (κ2) is 7.48. The van der Waals surface area contributed by atoms with Crippen molar-refractivity contribution in [1.29, 1.82) is 0 Å². The molecule has 0 unspecified atom stereocenters. The van der Waals surface area contributed by atoms with Gasteiger partial charge in [0, 0.05) is 19.8 Å². The maximum Gasteiger partial charge on any atom is 0.449 e. The predicted octanol–water partition coefficient (Wildman–Crippen LogP) is 2.94. The fourth-order valence-corrected chi connectivity index (χ4v) is 3.62. The minimum Gasteiger partial charge on any atom is -0.325 e. The standard InChI is InChI=1S/C18H17F3N4O3S/c1-24(2)29(27,28)13-9-7-12(8-10-13)22-16(26)11-25-15-6-4-3-5-14(15)23-17(25)18(19,20)21/h3-10H,11H2,1-2H3,(H,22,26). The van der Waals surface area contributed by atoms with Gasteiger partial charge in [0.25, 0.3) is 0 Å². The van der Waals surface area contributed by atoms with Crippen LogP contribution in [0.3, 0.4) is 0 Å². The van der Waals surface area contributed by atoms with E-state index in [9.17, 15) is 26.4 Å². The number of amides is 1. The van der Waals surface area contributed by atoms with Crippen molar-refractivity contribution in [1.82, 2.24) is 13.9 Å². The van der Waals surface area contributed by atoms with Crippen molar-refractivity contribution >= 4 is 32.7 Å². The monoisotopic (exact) mass is 426 g/mol. The Morgan fingerprint density at radius 2 is 1.72 bits per heavy atom. The first-order chi connectivity index (χ1) is 13.5. The second-order valence-electron chi connectivity index (χ2n) is 6.37. The molecule has 3 aromatic rings. The van der Waals surface area contributed by atoms with Crippen molar-refractivity contribution in [3.63, 3.8) is 0 Å². The molecular weight excluding hydrogens is 409 g/mol. The second-order valence-corrected chi connectivity index (χ2v) is 8.52. The minimum atomic E-state index is -4.72. The van der Waals surface area contributed by atoms with Crippen LogP contribution < -0.4 is 5.32 Å². The summed E-state index contributed by atoms with van der Waals surface area (Å²) in [5.74, 6) is -1.87. The summed E-state index contributed by atoms with van der Waals surface area (Å²) in [6.45, 7) is -0.604. The highest BCUT2D eigenvalue weighted by molar-refractivity contribution is 7.89. The van der Waals surface area contributed by atoms with E-state index in [1.54, 1.807) is 12.1 Å². The molecule has 154 valence electrons. The number of rotatable bonds is 5. The molecule has 0 atom stereocenters. The van der Waals surface area contributed by atoms with E-state index in [-0.39, 0.29) is 21.6 Å². The molecule has 7 nitrogen and oxygen atoms in total. The van der Waals surface area contributed by atoms with Crippen LogP contribution >= 0.6 is 0 Å². The van der Waals surface area contributed by atoms with Crippen LogP contribution in [0.5, 0.6) is 0 Å². The van der Waals surface area contributed by atoms with Gasteiger partial charge in [-0.2, -0.15) is 13.2 Å². The van der Waals surface area contributed by atoms with E-state index < -0.39 is 34.5 Å². The molecule has 2 aromatic carbocycles. The highest BCUT2D eigenvalue weighted by atomic mass is 32.2. The number of halogens is 3. The van der Waals surface area contributed by atoms with Gasteiger partial charge in [0.2, 0.25) is 21.8 Å². The summed E-state index contributed by atoms with van der Waals surface area (Å²) >= 11 is 0.